The van der Waals surface area contributed by atoms with Crippen LogP contribution in [0.3, 0.4) is 0 Å². The molecule has 0 amide bonds. The van der Waals surface area contributed by atoms with Crippen LogP contribution in [0.2, 0.25) is 0 Å². The maximum Gasteiger partial charge on any atom is 0.360 e. The highest BCUT2D eigenvalue weighted by atomic mass is 16.6. The predicted molar refractivity (Wildman–Crippen MR) is 98.8 cm³/mol. The highest BCUT2D eigenvalue weighted by Crippen LogP contribution is 2.55. The molecule has 1 fully saturated rings. The number of fused-ring (bicyclic) bond motifs is 4. The molecule has 3 aliphatic rings. The second-order valence-corrected chi connectivity index (χ2v) is 7.50. The van der Waals surface area contributed by atoms with Crippen molar-refractivity contribution < 1.29 is 14.3 Å². The van der Waals surface area contributed by atoms with Gasteiger partial charge in [-0.05, 0) is 31.4 Å². The van der Waals surface area contributed by atoms with Crippen LogP contribution in [-0.2, 0) is 26.4 Å². The molecule has 136 valence electrons. The van der Waals surface area contributed by atoms with E-state index in [2.05, 4.69) is 40.7 Å². The number of ether oxygens (including phenoxy) is 2. The summed E-state index contributed by atoms with van der Waals surface area (Å²) in [5.74, 6) is -0.328. The van der Waals surface area contributed by atoms with Crippen LogP contribution in [0.4, 0.5) is 0 Å². The zero-order valence-corrected chi connectivity index (χ0v) is 15.5. The minimum atomic E-state index is -1.14. The number of methoxy groups -OCH3 is 2. The van der Waals surface area contributed by atoms with E-state index < -0.39 is 5.72 Å². The maximum absolute atomic E-state index is 13.2. The van der Waals surface area contributed by atoms with Crippen molar-refractivity contribution >= 4 is 16.9 Å². The Labute approximate surface area is 153 Å². The minimum absolute atomic E-state index is 0.0135. The average Bonchev–Trinajstić information content (AvgIpc) is 3.03. The second-order valence-electron chi connectivity index (χ2n) is 7.50. The third-order valence-corrected chi connectivity index (χ3v) is 6.68. The summed E-state index contributed by atoms with van der Waals surface area (Å²) in [6, 6.07) is 8.73. The molecule has 0 unspecified atom stereocenters. The first-order valence-electron chi connectivity index (χ1n) is 9.32. The molecule has 2 bridgehead atoms. The topological polar surface area (TPSA) is 43.7 Å². The molecule has 0 aliphatic carbocycles. The van der Waals surface area contributed by atoms with Crippen LogP contribution in [0.15, 0.2) is 35.9 Å². The van der Waals surface area contributed by atoms with Crippen molar-refractivity contribution in [2.45, 2.75) is 31.5 Å². The molecule has 0 spiro atoms. The Morgan fingerprint density at radius 3 is 2.85 bits per heavy atom. The Bertz CT molecular complexity index is 944. The second kappa shape index (κ2) is 5.44. The van der Waals surface area contributed by atoms with Gasteiger partial charge in [0.2, 0.25) is 0 Å². The number of carbonyl (C=O) groups excluding carboxylic acids is 1. The fourth-order valence-corrected chi connectivity index (χ4v) is 5.61. The summed E-state index contributed by atoms with van der Waals surface area (Å²) < 4.78 is 13.6. The first-order valence-corrected chi connectivity index (χ1v) is 9.32. The molecule has 1 saturated heterocycles. The van der Waals surface area contributed by atoms with Gasteiger partial charge in [0.05, 0.1) is 18.7 Å². The number of hydrogen-bond donors (Lipinski definition) is 0. The molecule has 2 aromatic rings. The van der Waals surface area contributed by atoms with Crippen LogP contribution in [0.25, 0.3) is 10.9 Å². The molecule has 0 N–H and O–H groups in total. The number of benzene rings is 1. The monoisotopic (exact) mass is 352 g/mol. The number of piperidine rings is 1. The number of carbonyl (C=O) groups is 1. The molecule has 1 aromatic heterocycles. The van der Waals surface area contributed by atoms with Gasteiger partial charge in [0.15, 0.2) is 0 Å². The number of hydrogen-bond acceptors (Lipinski definition) is 4. The van der Waals surface area contributed by atoms with Gasteiger partial charge in [-0.25, -0.2) is 4.79 Å². The van der Waals surface area contributed by atoms with E-state index in [4.69, 9.17) is 9.47 Å². The normalized spacial score (nSPS) is 31.4. The van der Waals surface area contributed by atoms with Gasteiger partial charge in [-0.15, -0.1) is 0 Å². The van der Waals surface area contributed by atoms with Crippen LogP contribution in [-0.4, -0.2) is 42.7 Å². The standard InChI is InChI=1S/C21H24N2O3/c1-4-13-12-22-10-9-15-14-7-5-6-8-17(14)23-19(15)18(22)11-16(13)21(23,26-3)20(24)25-2/h4-8,16,18H,9-12H2,1-3H3/b13-4+/t16-,18-,21+/m0/s1. The van der Waals surface area contributed by atoms with E-state index in [9.17, 15) is 4.79 Å². The Balaban J connectivity index is 1.93. The Morgan fingerprint density at radius 1 is 1.31 bits per heavy atom. The summed E-state index contributed by atoms with van der Waals surface area (Å²) in [6.07, 6.45) is 4.05. The van der Waals surface area contributed by atoms with E-state index in [1.54, 1.807) is 7.11 Å². The van der Waals surface area contributed by atoms with Crippen molar-refractivity contribution in [1.82, 2.24) is 9.47 Å². The lowest BCUT2D eigenvalue weighted by Crippen LogP contribution is -2.60. The summed E-state index contributed by atoms with van der Waals surface area (Å²) in [5, 5.41) is 1.24. The van der Waals surface area contributed by atoms with Gasteiger partial charge in [0.1, 0.15) is 0 Å². The first-order chi connectivity index (χ1) is 12.7. The van der Waals surface area contributed by atoms with Crippen molar-refractivity contribution in [2.24, 2.45) is 5.92 Å². The SMILES string of the molecule is C/C=C1\CN2CCc3c4n(c5ccccc35)[C@](OC)(C(=O)OC)[C@H]1C[C@@H]42. The van der Waals surface area contributed by atoms with E-state index in [-0.39, 0.29) is 11.9 Å². The summed E-state index contributed by atoms with van der Waals surface area (Å²) in [7, 11) is 3.10. The van der Waals surface area contributed by atoms with Crippen molar-refractivity contribution in [1.29, 1.82) is 0 Å². The zero-order chi connectivity index (χ0) is 18.1. The number of nitrogens with zero attached hydrogens (tertiary/aromatic N) is 2. The third-order valence-electron chi connectivity index (χ3n) is 6.68. The molecule has 4 heterocycles. The summed E-state index contributed by atoms with van der Waals surface area (Å²) in [4.78, 5) is 15.7. The van der Waals surface area contributed by atoms with E-state index in [0.717, 1.165) is 31.4 Å². The fourth-order valence-electron chi connectivity index (χ4n) is 5.61. The molecule has 5 nitrogen and oxygen atoms in total. The molecule has 3 atom stereocenters. The first kappa shape index (κ1) is 16.1. The minimum Gasteiger partial charge on any atom is -0.465 e. The van der Waals surface area contributed by atoms with Gasteiger partial charge >= 0.3 is 5.97 Å². The lowest BCUT2D eigenvalue weighted by atomic mass is 9.73. The zero-order valence-electron chi connectivity index (χ0n) is 15.5. The largest absolute Gasteiger partial charge is 0.465 e. The molecule has 0 radical (unpaired) electrons. The number of esters is 1. The highest BCUT2D eigenvalue weighted by molar-refractivity contribution is 5.90. The van der Waals surface area contributed by atoms with Gasteiger partial charge in [0, 0.05) is 37.2 Å². The number of para-hydroxylation sites is 1. The number of allylic oxidation sites excluding steroid dienone is 1. The number of aromatic nitrogens is 1. The lowest BCUT2D eigenvalue weighted by molar-refractivity contribution is -0.198. The smallest absolute Gasteiger partial charge is 0.360 e. The van der Waals surface area contributed by atoms with Gasteiger partial charge < -0.3 is 14.0 Å². The van der Waals surface area contributed by atoms with Gasteiger partial charge in [-0.2, -0.15) is 0 Å². The van der Waals surface area contributed by atoms with Crippen LogP contribution in [0, 0.1) is 5.92 Å². The quantitative estimate of drug-likeness (QED) is 0.616. The molecule has 1 aromatic carbocycles. The van der Waals surface area contributed by atoms with Gasteiger partial charge in [-0.1, -0.05) is 29.8 Å². The molecule has 0 saturated carbocycles. The Morgan fingerprint density at radius 2 is 2.12 bits per heavy atom. The summed E-state index contributed by atoms with van der Waals surface area (Å²) in [6.45, 7) is 4.02. The summed E-state index contributed by atoms with van der Waals surface area (Å²) in [5.41, 5.74) is 3.81. The van der Waals surface area contributed by atoms with E-state index >= 15 is 0 Å². The summed E-state index contributed by atoms with van der Waals surface area (Å²) >= 11 is 0. The van der Waals surface area contributed by atoms with Crippen molar-refractivity contribution in [3.8, 4) is 0 Å². The fraction of sp³-hybridized carbons (Fsp3) is 0.476. The maximum atomic E-state index is 13.2. The van der Waals surface area contributed by atoms with Crippen LogP contribution in [0.1, 0.15) is 30.6 Å². The Hall–Kier alpha value is -2.11. The van der Waals surface area contributed by atoms with Crippen molar-refractivity contribution in [2.75, 3.05) is 27.3 Å². The van der Waals surface area contributed by atoms with Crippen LogP contribution in [0.5, 0.6) is 0 Å². The van der Waals surface area contributed by atoms with E-state index in [0.29, 0.717) is 6.04 Å². The lowest BCUT2D eigenvalue weighted by Gasteiger charge is -2.54. The predicted octanol–water partition coefficient (Wildman–Crippen LogP) is 2.99. The molecular weight excluding hydrogens is 328 g/mol. The van der Waals surface area contributed by atoms with E-state index in [1.807, 2.05) is 6.07 Å². The molecule has 26 heavy (non-hydrogen) atoms. The van der Waals surface area contributed by atoms with Crippen molar-refractivity contribution in [3.05, 3.63) is 47.2 Å². The molecule has 5 rings (SSSR count). The highest BCUT2D eigenvalue weighted by Gasteiger charge is 2.60. The van der Waals surface area contributed by atoms with E-state index in [1.165, 1.54) is 29.3 Å². The van der Waals surface area contributed by atoms with Gasteiger partial charge in [-0.3, -0.25) is 4.90 Å². The van der Waals surface area contributed by atoms with Crippen LogP contribution >= 0.6 is 0 Å². The molecular formula is C21H24N2O3. The molecule has 3 aliphatic heterocycles. The van der Waals surface area contributed by atoms with Crippen molar-refractivity contribution in [3.63, 3.8) is 0 Å². The van der Waals surface area contributed by atoms with Crippen LogP contribution < -0.4 is 0 Å². The van der Waals surface area contributed by atoms with Gasteiger partial charge in [0.25, 0.3) is 5.72 Å². The number of rotatable bonds is 2. The molecule has 5 heteroatoms. The average molecular weight is 352 g/mol. The third kappa shape index (κ3) is 1.70. The Kier molecular flexibility index (Phi) is 3.37.